The van der Waals surface area contributed by atoms with E-state index in [1.165, 1.54) is 23.5 Å². The summed E-state index contributed by atoms with van der Waals surface area (Å²) in [6, 6.07) is 11.3. The molecule has 0 fully saturated rings. The van der Waals surface area contributed by atoms with Crippen molar-refractivity contribution in [3.63, 3.8) is 0 Å². The van der Waals surface area contributed by atoms with Crippen LogP contribution in [0, 0.1) is 10.1 Å². The normalized spacial score (nSPS) is 12.4. The molecule has 0 saturated heterocycles. The first-order valence-electron chi connectivity index (χ1n) is 7.50. The van der Waals surface area contributed by atoms with Gasteiger partial charge in [-0.25, -0.2) is 4.98 Å². The molecule has 1 heterocycles. The van der Waals surface area contributed by atoms with E-state index in [1.807, 2.05) is 18.4 Å². The van der Waals surface area contributed by atoms with Crippen LogP contribution in [0.3, 0.4) is 0 Å². The molecule has 1 unspecified atom stereocenters. The summed E-state index contributed by atoms with van der Waals surface area (Å²) in [7, 11) is 0. The van der Waals surface area contributed by atoms with Crippen LogP contribution < -0.4 is 0 Å². The van der Waals surface area contributed by atoms with E-state index in [9.17, 15) is 10.1 Å². The van der Waals surface area contributed by atoms with Crippen molar-refractivity contribution in [2.75, 3.05) is 0 Å². The zero-order chi connectivity index (χ0) is 18.7. The first kappa shape index (κ1) is 18.4. The summed E-state index contributed by atoms with van der Waals surface area (Å²) in [4.78, 5) is 14.7. The molecule has 0 aliphatic heterocycles. The molecule has 0 aliphatic rings. The van der Waals surface area contributed by atoms with Crippen LogP contribution in [0.15, 0.2) is 58.1 Å². The number of aromatic nitrogens is 1. The van der Waals surface area contributed by atoms with Crippen LogP contribution in [0.1, 0.15) is 18.5 Å². The number of rotatable bonds is 5. The topological polar surface area (TPSA) is 80.8 Å². The molecule has 0 saturated carbocycles. The summed E-state index contributed by atoms with van der Waals surface area (Å²) in [5.41, 5.74) is 2.42. The molecule has 3 rings (SSSR count). The SMILES string of the molecule is CC(N=Nc1nc(-c2ccc([N+](=O)[O-])cc2)cs1)c1ccc(Cl)c(Cl)c1. The molecule has 3 aromatic rings. The maximum absolute atomic E-state index is 10.7. The van der Waals surface area contributed by atoms with E-state index >= 15 is 0 Å². The largest absolute Gasteiger partial charge is 0.269 e. The van der Waals surface area contributed by atoms with E-state index < -0.39 is 4.92 Å². The van der Waals surface area contributed by atoms with Crippen molar-refractivity contribution in [1.82, 2.24) is 4.98 Å². The Balaban J connectivity index is 1.74. The van der Waals surface area contributed by atoms with Gasteiger partial charge in [0.25, 0.3) is 5.69 Å². The van der Waals surface area contributed by atoms with Gasteiger partial charge in [-0.2, -0.15) is 5.11 Å². The zero-order valence-corrected chi connectivity index (χ0v) is 15.8. The van der Waals surface area contributed by atoms with Crippen molar-refractivity contribution in [2.45, 2.75) is 13.0 Å². The maximum Gasteiger partial charge on any atom is 0.269 e. The van der Waals surface area contributed by atoms with Gasteiger partial charge in [0.05, 0.1) is 26.7 Å². The van der Waals surface area contributed by atoms with Crippen molar-refractivity contribution in [3.8, 4) is 11.3 Å². The summed E-state index contributed by atoms with van der Waals surface area (Å²) in [6.45, 7) is 1.90. The molecule has 132 valence electrons. The van der Waals surface area contributed by atoms with Gasteiger partial charge in [0, 0.05) is 23.1 Å². The molecule has 2 aromatic carbocycles. The van der Waals surface area contributed by atoms with Crippen molar-refractivity contribution < 1.29 is 4.92 Å². The number of benzene rings is 2. The number of nitrogens with zero attached hydrogens (tertiary/aromatic N) is 4. The van der Waals surface area contributed by atoms with Crippen LogP contribution in [0.2, 0.25) is 10.0 Å². The molecule has 6 nitrogen and oxygen atoms in total. The zero-order valence-electron chi connectivity index (χ0n) is 13.5. The predicted molar refractivity (Wildman–Crippen MR) is 104 cm³/mol. The highest BCUT2D eigenvalue weighted by Gasteiger charge is 2.09. The number of nitro benzene ring substituents is 1. The fourth-order valence-electron chi connectivity index (χ4n) is 2.17. The Bertz CT molecular complexity index is 973. The van der Waals surface area contributed by atoms with Crippen LogP contribution in [0.25, 0.3) is 11.3 Å². The van der Waals surface area contributed by atoms with Crippen molar-refractivity contribution >= 4 is 45.4 Å². The number of halogens is 2. The minimum atomic E-state index is -0.436. The second-order valence-electron chi connectivity index (χ2n) is 5.38. The molecular formula is C17H12Cl2N4O2S. The fourth-order valence-corrected chi connectivity index (χ4v) is 3.13. The molecule has 0 N–H and O–H groups in total. The van der Waals surface area contributed by atoms with Gasteiger partial charge in [0.1, 0.15) is 0 Å². The van der Waals surface area contributed by atoms with Crippen LogP contribution in [-0.2, 0) is 0 Å². The van der Waals surface area contributed by atoms with Gasteiger partial charge in [-0.15, -0.1) is 16.5 Å². The van der Waals surface area contributed by atoms with Crippen molar-refractivity contribution in [1.29, 1.82) is 0 Å². The van der Waals surface area contributed by atoms with E-state index in [2.05, 4.69) is 15.2 Å². The van der Waals surface area contributed by atoms with Crippen LogP contribution >= 0.6 is 34.5 Å². The fraction of sp³-hybridized carbons (Fsp3) is 0.118. The Hall–Kier alpha value is -2.35. The second-order valence-corrected chi connectivity index (χ2v) is 7.04. The van der Waals surface area contributed by atoms with Gasteiger partial charge in [-0.3, -0.25) is 10.1 Å². The molecule has 26 heavy (non-hydrogen) atoms. The van der Waals surface area contributed by atoms with Crippen LogP contribution in [-0.4, -0.2) is 9.91 Å². The lowest BCUT2D eigenvalue weighted by molar-refractivity contribution is -0.384. The maximum atomic E-state index is 10.7. The van der Waals surface area contributed by atoms with Crippen LogP contribution in [0.5, 0.6) is 0 Å². The standard InChI is InChI=1S/C17H12Cl2N4O2S/c1-10(12-4-7-14(18)15(19)8-12)21-22-17-20-16(9-26-17)11-2-5-13(6-3-11)23(24)25/h2-10H,1H3. The first-order chi connectivity index (χ1) is 12.4. The third kappa shape index (κ3) is 4.24. The van der Waals surface area contributed by atoms with Gasteiger partial charge >= 0.3 is 0 Å². The van der Waals surface area contributed by atoms with Crippen LogP contribution in [0.4, 0.5) is 10.8 Å². The van der Waals surface area contributed by atoms with E-state index in [0.717, 1.165) is 11.1 Å². The van der Waals surface area contributed by atoms with Gasteiger partial charge in [0.2, 0.25) is 5.13 Å². The quantitative estimate of drug-likeness (QED) is 0.263. The summed E-state index contributed by atoms with van der Waals surface area (Å²) in [5.74, 6) is 0. The molecule has 1 aromatic heterocycles. The van der Waals surface area contributed by atoms with E-state index in [0.29, 0.717) is 20.9 Å². The van der Waals surface area contributed by atoms with Gasteiger partial charge < -0.3 is 0 Å². The molecule has 9 heteroatoms. The first-order valence-corrected chi connectivity index (χ1v) is 9.14. The van der Waals surface area contributed by atoms with E-state index in [1.54, 1.807) is 24.3 Å². The third-order valence-corrected chi connectivity index (χ3v) is 5.07. The van der Waals surface area contributed by atoms with E-state index in [-0.39, 0.29) is 11.7 Å². The number of hydrogen-bond donors (Lipinski definition) is 0. The molecule has 0 bridgehead atoms. The highest BCUT2D eigenvalue weighted by molar-refractivity contribution is 7.13. The second kappa shape index (κ2) is 7.90. The Morgan fingerprint density at radius 2 is 1.88 bits per heavy atom. The summed E-state index contributed by atoms with van der Waals surface area (Å²) >= 11 is 13.3. The summed E-state index contributed by atoms with van der Waals surface area (Å²) in [6.07, 6.45) is 0. The molecule has 1 atom stereocenters. The third-order valence-electron chi connectivity index (χ3n) is 3.61. The number of azo groups is 1. The van der Waals surface area contributed by atoms with E-state index in [4.69, 9.17) is 23.2 Å². The van der Waals surface area contributed by atoms with Gasteiger partial charge in [-0.1, -0.05) is 29.3 Å². The monoisotopic (exact) mass is 406 g/mol. The Morgan fingerprint density at radius 3 is 2.54 bits per heavy atom. The lowest BCUT2D eigenvalue weighted by Crippen LogP contribution is -1.88. The molecule has 0 radical (unpaired) electrons. The highest BCUT2D eigenvalue weighted by Crippen LogP contribution is 2.31. The predicted octanol–water partition coefficient (Wildman–Crippen LogP) is 6.87. The van der Waals surface area contributed by atoms with Gasteiger partial charge in [-0.05, 0) is 36.8 Å². The van der Waals surface area contributed by atoms with Crippen molar-refractivity contribution in [2.24, 2.45) is 10.2 Å². The lowest BCUT2D eigenvalue weighted by atomic mass is 10.1. The number of non-ortho nitro benzene ring substituents is 1. The minimum Gasteiger partial charge on any atom is -0.258 e. The molecule has 0 amide bonds. The molecule has 0 aliphatic carbocycles. The highest BCUT2D eigenvalue weighted by atomic mass is 35.5. The number of hydrogen-bond acceptors (Lipinski definition) is 6. The molecule has 0 spiro atoms. The molecular weight excluding hydrogens is 395 g/mol. The Morgan fingerprint density at radius 1 is 1.15 bits per heavy atom. The minimum absolute atomic E-state index is 0.0411. The lowest BCUT2D eigenvalue weighted by Gasteiger charge is -2.06. The Kier molecular flexibility index (Phi) is 5.61. The smallest absolute Gasteiger partial charge is 0.258 e. The number of thiazole rings is 1. The van der Waals surface area contributed by atoms with Gasteiger partial charge in [0.15, 0.2) is 0 Å². The average Bonchev–Trinajstić information content (AvgIpc) is 3.11. The average molecular weight is 407 g/mol. The van der Waals surface area contributed by atoms with Crippen molar-refractivity contribution in [3.05, 3.63) is 73.6 Å². The Labute approximate surface area is 163 Å². The summed E-state index contributed by atoms with van der Waals surface area (Å²) < 4.78 is 0. The number of nitro groups is 1. The summed E-state index contributed by atoms with van der Waals surface area (Å²) in [5, 5.41) is 22.4.